The summed E-state index contributed by atoms with van der Waals surface area (Å²) in [6.07, 6.45) is 5.01. The maximum atomic E-state index is 11.3. The van der Waals surface area contributed by atoms with Crippen molar-refractivity contribution in [2.24, 2.45) is 5.73 Å². The molecule has 7 nitrogen and oxygen atoms in total. The first-order valence-corrected chi connectivity index (χ1v) is 7.23. The number of nitro groups is 1. The van der Waals surface area contributed by atoms with Crippen molar-refractivity contribution in [3.05, 3.63) is 15.8 Å². The summed E-state index contributed by atoms with van der Waals surface area (Å²) < 4.78 is 1.71. The van der Waals surface area contributed by atoms with Crippen LogP contribution in [0.25, 0.3) is 0 Å². The van der Waals surface area contributed by atoms with Gasteiger partial charge in [-0.05, 0) is 26.2 Å². The number of aromatic nitrogens is 2. The lowest BCUT2D eigenvalue weighted by Gasteiger charge is -2.29. The smallest absolute Gasteiger partial charge is 0.333 e. The normalized spacial score (nSPS) is 17.4. The minimum Gasteiger partial charge on any atom is -0.358 e. The van der Waals surface area contributed by atoms with Gasteiger partial charge in [0.15, 0.2) is 0 Å². The van der Waals surface area contributed by atoms with Gasteiger partial charge < -0.3 is 11.1 Å². The Morgan fingerprint density at radius 3 is 2.65 bits per heavy atom. The molecule has 0 radical (unpaired) electrons. The van der Waals surface area contributed by atoms with Gasteiger partial charge in [-0.15, -0.1) is 0 Å². The summed E-state index contributed by atoms with van der Waals surface area (Å²) in [6.45, 7) is 4.86. The zero-order valence-corrected chi connectivity index (χ0v) is 12.2. The predicted octanol–water partition coefficient (Wildman–Crippen LogP) is 2.19. The number of aryl methyl sites for hydroxylation is 2. The van der Waals surface area contributed by atoms with Crippen molar-refractivity contribution < 1.29 is 4.92 Å². The second kappa shape index (κ2) is 5.78. The standard InChI is InChI=1S/C13H23N5O2/c1-3-8-17-12(11(18(19)20)10(2)16-17)15-13(9-14)6-4-5-7-13/h15H,3-9,14H2,1-2H3. The zero-order chi connectivity index (χ0) is 14.8. The quantitative estimate of drug-likeness (QED) is 0.615. The first-order chi connectivity index (χ1) is 9.53. The third-order valence-electron chi connectivity index (χ3n) is 4.05. The van der Waals surface area contributed by atoms with E-state index in [-0.39, 0.29) is 16.1 Å². The molecule has 1 aromatic heterocycles. The SMILES string of the molecule is CCCn1nc(C)c([N+](=O)[O-])c1NC1(CN)CCCC1. The Morgan fingerprint density at radius 2 is 2.15 bits per heavy atom. The van der Waals surface area contributed by atoms with E-state index in [1.807, 2.05) is 6.92 Å². The summed E-state index contributed by atoms with van der Waals surface area (Å²) in [5, 5.41) is 19.0. The van der Waals surface area contributed by atoms with Gasteiger partial charge in [-0.25, -0.2) is 4.68 Å². The van der Waals surface area contributed by atoms with Gasteiger partial charge in [-0.2, -0.15) is 5.10 Å². The molecule has 2 rings (SSSR count). The summed E-state index contributed by atoms with van der Waals surface area (Å²) in [6, 6.07) is 0. The summed E-state index contributed by atoms with van der Waals surface area (Å²) in [4.78, 5) is 11.0. The molecule has 0 saturated heterocycles. The lowest BCUT2D eigenvalue weighted by Crippen LogP contribution is -2.43. The van der Waals surface area contributed by atoms with Gasteiger partial charge in [0.25, 0.3) is 0 Å². The van der Waals surface area contributed by atoms with E-state index in [0.717, 1.165) is 32.1 Å². The third-order valence-corrected chi connectivity index (χ3v) is 4.05. The maximum absolute atomic E-state index is 11.3. The average Bonchev–Trinajstić information content (AvgIpc) is 2.97. The molecule has 0 aliphatic heterocycles. The van der Waals surface area contributed by atoms with E-state index in [4.69, 9.17) is 5.73 Å². The lowest BCUT2D eigenvalue weighted by atomic mass is 9.98. The Kier molecular flexibility index (Phi) is 4.27. The molecule has 1 aliphatic carbocycles. The Bertz CT molecular complexity index is 491. The van der Waals surface area contributed by atoms with Gasteiger partial charge in [0.05, 0.1) is 10.5 Å². The fraction of sp³-hybridized carbons (Fsp3) is 0.769. The van der Waals surface area contributed by atoms with Crippen LogP contribution in [0.2, 0.25) is 0 Å². The van der Waals surface area contributed by atoms with Crippen molar-refractivity contribution in [3.8, 4) is 0 Å². The van der Waals surface area contributed by atoms with Gasteiger partial charge in [-0.3, -0.25) is 10.1 Å². The summed E-state index contributed by atoms with van der Waals surface area (Å²) in [5.74, 6) is 0.515. The predicted molar refractivity (Wildman–Crippen MR) is 77.8 cm³/mol. The Labute approximate surface area is 118 Å². The molecule has 1 aliphatic rings. The number of rotatable bonds is 6. The van der Waals surface area contributed by atoms with E-state index in [1.54, 1.807) is 11.6 Å². The van der Waals surface area contributed by atoms with Gasteiger partial charge >= 0.3 is 5.69 Å². The van der Waals surface area contributed by atoms with Gasteiger partial charge in [0.2, 0.25) is 5.82 Å². The summed E-state index contributed by atoms with van der Waals surface area (Å²) in [5.41, 5.74) is 6.23. The van der Waals surface area contributed by atoms with Crippen LogP contribution in [0.1, 0.15) is 44.7 Å². The van der Waals surface area contributed by atoms with E-state index < -0.39 is 0 Å². The first-order valence-electron chi connectivity index (χ1n) is 7.23. The summed E-state index contributed by atoms with van der Waals surface area (Å²) in [7, 11) is 0. The lowest BCUT2D eigenvalue weighted by molar-refractivity contribution is -0.384. The van der Waals surface area contributed by atoms with Crippen LogP contribution in [0, 0.1) is 17.0 Å². The van der Waals surface area contributed by atoms with Crippen molar-refractivity contribution in [2.75, 3.05) is 11.9 Å². The molecule has 112 valence electrons. The van der Waals surface area contributed by atoms with Crippen LogP contribution >= 0.6 is 0 Å². The third kappa shape index (κ3) is 2.63. The fourth-order valence-corrected chi connectivity index (χ4v) is 2.97. The van der Waals surface area contributed by atoms with Crippen molar-refractivity contribution >= 4 is 11.5 Å². The van der Waals surface area contributed by atoms with Crippen molar-refractivity contribution in [1.82, 2.24) is 9.78 Å². The Morgan fingerprint density at radius 1 is 1.50 bits per heavy atom. The largest absolute Gasteiger partial charge is 0.358 e. The van der Waals surface area contributed by atoms with Crippen LogP contribution in [-0.4, -0.2) is 26.8 Å². The molecule has 0 amide bonds. The van der Waals surface area contributed by atoms with Crippen LogP contribution < -0.4 is 11.1 Å². The maximum Gasteiger partial charge on any atom is 0.333 e. The number of nitrogens with one attached hydrogen (secondary N) is 1. The average molecular weight is 281 g/mol. The molecule has 1 fully saturated rings. The molecule has 1 aromatic rings. The van der Waals surface area contributed by atoms with E-state index in [0.29, 0.717) is 24.6 Å². The molecule has 7 heteroatoms. The molecule has 3 N–H and O–H groups in total. The number of hydrogen-bond donors (Lipinski definition) is 2. The molecular formula is C13H23N5O2. The fourth-order valence-electron chi connectivity index (χ4n) is 2.97. The minimum atomic E-state index is -0.351. The highest BCUT2D eigenvalue weighted by molar-refractivity contribution is 5.61. The van der Waals surface area contributed by atoms with Crippen LogP contribution in [0.5, 0.6) is 0 Å². The van der Waals surface area contributed by atoms with Crippen LogP contribution in [-0.2, 0) is 6.54 Å². The molecular weight excluding hydrogens is 258 g/mol. The monoisotopic (exact) mass is 281 g/mol. The van der Waals surface area contributed by atoms with Gasteiger partial charge in [0.1, 0.15) is 5.69 Å². The van der Waals surface area contributed by atoms with E-state index in [2.05, 4.69) is 10.4 Å². The number of nitrogens with two attached hydrogens (primary N) is 1. The van der Waals surface area contributed by atoms with Crippen molar-refractivity contribution in [3.63, 3.8) is 0 Å². The van der Waals surface area contributed by atoms with E-state index in [1.165, 1.54) is 0 Å². The van der Waals surface area contributed by atoms with Crippen molar-refractivity contribution in [1.29, 1.82) is 0 Å². The summed E-state index contributed by atoms with van der Waals surface area (Å²) >= 11 is 0. The zero-order valence-electron chi connectivity index (χ0n) is 12.2. The minimum absolute atomic E-state index is 0.0816. The highest BCUT2D eigenvalue weighted by Gasteiger charge is 2.36. The number of nitrogens with zero attached hydrogens (tertiary/aromatic N) is 3. The molecule has 0 atom stereocenters. The molecule has 1 saturated carbocycles. The molecule has 0 bridgehead atoms. The van der Waals surface area contributed by atoms with Crippen LogP contribution in [0.4, 0.5) is 11.5 Å². The molecule has 0 aromatic carbocycles. The Balaban J connectivity index is 2.39. The van der Waals surface area contributed by atoms with E-state index in [9.17, 15) is 10.1 Å². The second-order valence-corrected chi connectivity index (χ2v) is 5.58. The molecule has 20 heavy (non-hydrogen) atoms. The number of hydrogen-bond acceptors (Lipinski definition) is 5. The van der Waals surface area contributed by atoms with E-state index >= 15 is 0 Å². The van der Waals surface area contributed by atoms with Crippen molar-refractivity contribution in [2.45, 2.75) is 58.0 Å². The van der Waals surface area contributed by atoms with Gasteiger partial charge in [-0.1, -0.05) is 19.8 Å². The molecule has 1 heterocycles. The molecule has 0 unspecified atom stereocenters. The van der Waals surface area contributed by atoms with Crippen LogP contribution in [0.15, 0.2) is 0 Å². The van der Waals surface area contributed by atoms with Gasteiger partial charge in [0, 0.05) is 13.1 Å². The topological polar surface area (TPSA) is 99.0 Å². The highest BCUT2D eigenvalue weighted by Crippen LogP contribution is 2.36. The molecule has 0 spiro atoms. The van der Waals surface area contributed by atoms with Crippen LogP contribution in [0.3, 0.4) is 0 Å². The Hall–Kier alpha value is -1.63. The highest BCUT2D eigenvalue weighted by atomic mass is 16.6. The number of anilines is 1. The second-order valence-electron chi connectivity index (χ2n) is 5.58. The first kappa shape index (κ1) is 14.8.